The summed E-state index contributed by atoms with van der Waals surface area (Å²) in [5.41, 5.74) is 1.22. The number of aryl methyl sites for hydroxylation is 2. The lowest BCUT2D eigenvalue weighted by Gasteiger charge is -2.28. The van der Waals surface area contributed by atoms with Crippen LogP contribution in [0.3, 0.4) is 0 Å². The van der Waals surface area contributed by atoms with Crippen molar-refractivity contribution >= 4 is 10.0 Å². The number of nitrogens with one attached hydrogen (secondary N) is 2. The van der Waals surface area contributed by atoms with Gasteiger partial charge in [-0.05, 0) is 52.6 Å². The van der Waals surface area contributed by atoms with Gasteiger partial charge in [-0.25, -0.2) is 13.1 Å². The third-order valence-corrected chi connectivity index (χ3v) is 5.95. The zero-order valence-electron chi connectivity index (χ0n) is 12.6. The molecule has 0 bridgehead atoms. The van der Waals surface area contributed by atoms with E-state index in [1.165, 1.54) is 0 Å². The highest BCUT2D eigenvalue weighted by Crippen LogP contribution is 2.22. The third-order valence-electron chi connectivity index (χ3n) is 4.14. The number of piperidine rings is 1. The van der Waals surface area contributed by atoms with E-state index in [2.05, 4.69) is 15.1 Å². The van der Waals surface area contributed by atoms with Crippen LogP contribution >= 0.6 is 0 Å². The lowest BCUT2D eigenvalue weighted by molar-refractivity contribution is 0.316. The normalized spacial score (nSPS) is 19.2. The standard InChI is InChI=1S/C13H24N4O2S/c1-9(12-5-7-14-8-6-12)16-20(18,19)13-10(2)15-17(4)11(13)3/h9,12,14,16H,5-8H2,1-4H3. The van der Waals surface area contributed by atoms with E-state index in [0.29, 0.717) is 22.2 Å². The second-order valence-corrected chi connectivity index (χ2v) is 7.27. The van der Waals surface area contributed by atoms with E-state index in [9.17, 15) is 8.42 Å². The fourth-order valence-corrected chi connectivity index (χ4v) is 4.64. The predicted octanol–water partition coefficient (Wildman–Crippen LogP) is 0.703. The Morgan fingerprint density at radius 1 is 1.35 bits per heavy atom. The largest absolute Gasteiger partial charge is 0.317 e. The van der Waals surface area contributed by atoms with Gasteiger partial charge in [-0.1, -0.05) is 0 Å². The summed E-state index contributed by atoms with van der Waals surface area (Å²) in [6.07, 6.45) is 2.02. The van der Waals surface area contributed by atoms with Gasteiger partial charge in [0.2, 0.25) is 10.0 Å². The Bertz CT molecular complexity index is 573. The first-order chi connectivity index (χ1) is 9.33. The molecule has 1 atom stereocenters. The van der Waals surface area contributed by atoms with Crippen LogP contribution in [-0.2, 0) is 17.1 Å². The van der Waals surface area contributed by atoms with E-state index >= 15 is 0 Å². The van der Waals surface area contributed by atoms with Gasteiger partial charge in [-0.15, -0.1) is 0 Å². The molecule has 7 heteroatoms. The van der Waals surface area contributed by atoms with E-state index in [1.807, 2.05) is 6.92 Å². The molecule has 0 spiro atoms. The number of sulfonamides is 1. The van der Waals surface area contributed by atoms with Gasteiger partial charge in [0.1, 0.15) is 4.90 Å². The highest BCUT2D eigenvalue weighted by atomic mass is 32.2. The SMILES string of the molecule is Cc1nn(C)c(C)c1S(=O)(=O)NC(C)C1CCNCC1. The zero-order valence-corrected chi connectivity index (χ0v) is 13.4. The molecule has 1 aliphatic rings. The average Bonchev–Trinajstić information content (AvgIpc) is 2.64. The van der Waals surface area contributed by atoms with Gasteiger partial charge in [0.15, 0.2) is 0 Å². The van der Waals surface area contributed by atoms with Crippen molar-refractivity contribution in [3.05, 3.63) is 11.4 Å². The summed E-state index contributed by atoms with van der Waals surface area (Å²) in [4.78, 5) is 0.320. The first kappa shape index (κ1) is 15.5. The summed E-state index contributed by atoms with van der Waals surface area (Å²) in [5.74, 6) is 0.392. The van der Waals surface area contributed by atoms with Crippen LogP contribution in [0.25, 0.3) is 0 Å². The van der Waals surface area contributed by atoms with Crippen LogP contribution < -0.4 is 10.0 Å². The molecule has 114 valence electrons. The molecular weight excluding hydrogens is 276 g/mol. The van der Waals surface area contributed by atoms with Crippen LogP contribution in [0.4, 0.5) is 0 Å². The molecule has 6 nitrogen and oxygen atoms in total. The second kappa shape index (κ2) is 5.83. The topological polar surface area (TPSA) is 76.0 Å². The minimum atomic E-state index is -3.50. The highest BCUT2D eigenvalue weighted by Gasteiger charge is 2.28. The lowest BCUT2D eigenvalue weighted by Crippen LogP contribution is -2.42. The van der Waals surface area contributed by atoms with Gasteiger partial charge in [0.05, 0.1) is 11.4 Å². The molecule has 2 rings (SSSR count). The molecule has 1 unspecified atom stereocenters. The molecule has 2 heterocycles. The van der Waals surface area contributed by atoms with Crippen LogP contribution in [0.5, 0.6) is 0 Å². The summed E-state index contributed by atoms with van der Waals surface area (Å²) in [6, 6.07) is -0.0545. The molecule has 2 N–H and O–H groups in total. The minimum Gasteiger partial charge on any atom is -0.317 e. The van der Waals surface area contributed by atoms with Crippen LogP contribution in [0.1, 0.15) is 31.2 Å². The summed E-state index contributed by atoms with van der Waals surface area (Å²) in [5, 5.41) is 7.48. The molecule has 1 aliphatic heterocycles. The number of aromatic nitrogens is 2. The molecule has 0 amide bonds. The van der Waals surface area contributed by atoms with E-state index in [0.717, 1.165) is 25.9 Å². The summed E-state index contributed by atoms with van der Waals surface area (Å²) in [6.45, 7) is 7.39. The molecule has 1 aromatic heterocycles. The Morgan fingerprint density at radius 3 is 2.45 bits per heavy atom. The number of nitrogens with zero attached hydrogens (tertiary/aromatic N) is 2. The van der Waals surface area contributed by atoms with Gasteiger partial charge >= 0.3 is 0 Å². The molecule has 1 saturated heterocycles. The van der Waals surface area contributed by atoms with E-state index in [1.54, 1.807) is 25.6 Å². The Kier molecular flexibility index (Phi) is 4.51. The molecular formula is C13H24N4O2S. The molecule has 1 fully saturated rings. The van der Waals surface area contributed by atoms with Gasteiger partial charge in [-0.2, -0.15) is 5.10 Å². The highest BCUT2D eigenvalue weighted by molar-refractivity contribution is 7.89. The summed E-state index contributed by atoms with van der Waals surface area (Å²) >= 11 is 0. The first-order valence-corrected chi connectivity index (χ1v) is 8.54. The maximum atomic E-state index is 12.6. The second-order valence-electron chi connectivity index (χ2n) is 5.62. The van der Waals surface area contributed by atoms with Gasteiger partial charge in [0.25, 0.3) is 0 Å². The van der Waals surface area contributed by atoms with Crippen molar-refractivity contribution in [2.45, 2.75) is 44.6 Å². The summed E-state index contributed by atoms with van der Waals surface area (Å²) < 4.78 is 29.6. The molecule has 0 radical (unpaired) electrons. The van der Waals surface area contributed by atoms with Crippen molar-refractivity contribution in [1.29, 1.82) is 0 Å². The Hall–Kier alpha value is -0.920. The fourth-order valence-electron chi connectivity index (χ4n) is 2.89. The van der Waals surface area contributed by atoms with Crippen molar-refractivity contribution < 1.29 is 8.42 Å². The average molecular weight is 300 g/mol. The third kappa shape index (κ3) is 3.05. The van der Waals surface area contributed by atoms with Crippen molar-refractivity contribution in [3.8, 4) is 0 Å². The van der Waals surface area contributed by atoms with E-state index in [4.69, 9.17) is 0 Å². The molecule has 0 saturated carbocycles. The fraction of sp³-hybridized carbons (Fsp3) is 0.769. The van der Waals surface area contributed by atoms with E-state index in [-0.39, 0.29) is 6.04 Å². The van der Waals surface area contributed by atoms with Gasteiger partial charge in [0, 0.05) is 13.1 Å². The van der Waals surface area contributed by atoms with Crippen LogP contribution in [0.15, 0.2) is 4.90 Å². The number of hydrogen-bond acceptors (Lipinski definition) is 4. The van der Waals surface area contributed by atoms with Crippen LogP contribution in [-0.4, -0.2) is 37.3 Å². The maximum absolute atomic E-state index is 12.6. The minimum absolute atomic E-state index is 0.0545. The van der Waals surface area contributed by atoms with Crippen LogP contribution in [0, 0.1) is 19.8 Å². The molecule has 20 heavy (non-hydrogen) atoms. The molecule has 0 aromatic carbocycles. The van der Waals surface area contributed by atoms with Crippen molar-refractivity contribution in [3.63, 3.8) is 0 Å². The maximum Gasteiger partial charge on any atom is 0.244 e. The van der Waals surface area contributed by atoms with Gasteiger partial charge in [-0.3, -0.25) is 4.68 Å². The Balaban J connectivity index is 2.18. The van der Waals surface area contributed by atoms with E-state index < -0.39 is 10.0 Å². The smallest absolute Gasteiger partial charge is 0.244 e. The van der Waals surface area contributed by atoms with Crippen molar-refractivity contribution in [2.75, 3.05) is 13.1 Å². The van der Waals surface area contributed by atoms with Crippen molar-refractivity contribution in [1.82, 2.24) is 19.8 Å². The lowest BCUT2D eigenvalue weighted by atomic mass is 9.92. The number of rotatable bonds is 4. The number of hydrogen-bond donors (Lipinski definition) is 2. The zero-order chi connectivity index (χ0) is 14.9. The van der Waals surface area contributed by atoms with Crippen molar-refractivity contribution in [2.24, 2.45) is 13.0 Å². The van der Waals surface area contributed by atoms with Gasteiger partial charge < -0.3 is 5.32 Å². The Morgan fingerprint density at radius 2 is 1.95 bits per heavy atom. The summed E-state index contributed by atoms with van der Waals surface area (Å²) in [7, 11) is -1.74. The molecule has 1 aromatic rings. The Labute approximate surface area is 121 Å². The predicted molar refractivity (Wildman–Crippen MR) is 78.1 cm³/mol. The monoisotopic (exact) mass is 300 g/mol. The first-order valence-electron chi connectivity index (χ1n) is 7.06. The quantitative estimate of drug-likeness (QED) is 0.858. The van der Waals surface area contributed by atoms with Crippen LogP contribution in [0.2, 0.25) is 0 Å². The molecule has 0 aliphatic carbocycles.